The average molecular weight is 198 g/mol. The van der Waals surface area contributed by atoms with Gasteiger partial charge in [-0.25, -0.2) is 10.0 Å². The van der Waals surface area contributed by atoms with Crippen molar-refractivity contribution in [2.75, 3.05) is 7.05 Å². The standard InChI is InChI=1S/C6H10N6S/c1-11-4-2-3(7)9-6(13)12(4)10-5(11)8/h4H,2H2,1H3,(H2,8,10)(H2,7,9,13). The van der Waals surface area contributed by atoms with Gasteiger partial charge in [0.25, 0.3) is 0 Å². The van der Waals surface area contributed by atoms with Crippen LogP contribution < -0.4 is 11.5 Å². The van der Waals surface area contributed by atoms with Gasteiger partial charge in [0.05, 0.1) is 0 Å². The number of aliphatic imine (C=N–C) groups is 1. The van der Waals surface area contributed by atoms with Crippen LogP contribution in [0, 0.1) is 0 Å². The van der Waals surface area contributed by atoms with Crippen molar-refractivity contribution in [3.05, 3.63) is 0 Å². The Morgan fingerprint density at radius 2 is 2.23 bits per heavy atom. The number of nitrogens with two attached hydrogens (primary N) is 2. The summed E-state index contributed by atoms with van der Waals surface area (Å²) in [5.41, 5.74) is 11.2. The number of thiocarbonyl (C=S) groups is 1. The van der Waals surface area contributed by atoms with Gasteiger partial charge in [-0.3, -0.25) is 0 Å². The van der Waals surface area contributed by atoms with E-state index < -0.39 is 0 Å². The van der Waals surface area contributed by atoms with Gasteiger partial charge in [-0.2, -0.15) is 0 Å². The van der Waals surface area contributed by atoms with Crippen molar-refractivity contribution in [2.24, 2.45) is 21.6 Å². The first-order chi connectivity index (χ1) is 6.09. The van der Waals surface area contributed by atoms with Gasteiger partial charge in [-0.15, -0.1) is 5.10 Å². The molecule has 0 aromatic heterocycles. The average Bonchev–Trinajstić information content (AvgIpc) is 2.32. The minimum atomic E-state index is 0.00463. The number of nitrogens with zero attached hydrogens (tertiary/aromatic N) is 4. The van der Waals surface area contributed by atoms with E-state index in [-0.39, 0.29) is 6.17 Å². The SMILES string of the molecule is CN1C(N)=NN2C(=S)N=C(N)CC12. The molecular formula is C6H10N6S. The normalized spacial score (nSPS) is 27.2. The van der Waals surface area contributed by atoms with Crippen LogP contribution in [-0.2, 0) is 0 Å². The summed E-state index contributed by atoms with van der Waals surface area (Å²) >= 11 is 5.00. The molecular weight excluding hydrogens is 188 g/mol. The summed E-state index contributed by atoms with van der Waals surface area (Å²) in [6.07, 6.45) is 0.617. The molecule has 7 heteroatoms. The van der Waals surface area contributed by atoms with Gasteiger partial charge in [0, 0.05) is 13.5 Å². The molecule has 13 heavy (non-hydrogen) atoms. The van der Waals surface area contributed by atoms with Gasteiger partial charge < -0.3 is 16.4 Å². The summed E-state index contributed by atoms with van der Waals surface area (Å²) in [4.78, 5) is 5.78. The molecule has 0 radical (unpaired) electrons. The van der Waals surface area contributed by atoms with E-state index in [1.165, 1.54) is 0 Å². The van der Waals surface area contributed by atoms with Gasteiger partial charge in [-0.05, 0) is 12.2 Å². The molecule has 0 saturated carbocycles. The molecule has 1 unspecified atom stereocenters. The third-order valence-corrected chi connectivity index (χ3v) is 2.41. The van der Waals surface area contributed by atoms with E-state index in [9.17, 15) is 0 Å². The predicted molar refractivity (Wildman–Crippen MR) is 53.8 cm³/mol. The lowest BCUT2D eigenvalue weighted by Crippen LogP contribution is -2.48. The predicted octanol–water partition coefficient (Wildman–Crippen LogP) is -1.16. The number of hydrogen-bond acceptors (Lipinski definition) is 5. The van der Waals surface area contributed by atoms with E-state index in [4.69, 9.17) is 23.7 Å². The molecule has 0 aliphatic carbocycles. The zero-order valence-corrected chi connectivity index (χ0v) is 7.95. The van der Waals surface area contributed by atoms with Crippen LogP contribution in [0.5, 0.6) is 0 Å². The maximum Gasteiger partial charge on any atom is 0.219 e. The van der Waals surface area contributed by atoms with Crippen molar-refractivity contribution in [1.29, 1.82) is 0 Å². The van der Waals surface area contributed by atoms with Gasteiger partial charge in [0.2, 0.25) is 11.1 Å². The van der Waals surface area contributed by atoms with Crippen LogP contribution in [-0.4, -0.2) is 40.0 Å². The van der Waals surface area contributed by atoms with Crippen LogP contribution >= 0.6 is 12.2 Å². The van der Waals surface area contributed by atoms with Crippen LogP contribution in [0.15, 0.2) is 10.1 Å². The lowest BCUT2D eigenvalue weighted by atomic mass is 10.2. The first-order valence-corrected chi connectivity index (χ1v) is 4.23. The van der Waals surface area contributed by atoms with E-state index in [1.54, 1.807) is 5.01 Å². The summed E-state index contributed by atoms with van der Waals surface area (Å²) in [6.45, 7) is 0. The molecule has 0 bridgehead atoms. The van der Waals surface area contributed by atoms with Crippen molar-refractivity contribution in [3.8, 4) is 0 Å². The Hall–Kier alpha value is -1.37. The highest BCUT2D eigenvalue weighted by Crippen LogP contribution is 2.20. The number of rotatable bonds is 0. The summed E-state index contributed by atoms with van der Waals surface area (Å²) in [5.74, 6) is 0.972. The Kier molecular flexibility index (Phi) is 1.62. The van der Waals surface area contributed by atoms with Gasteiger partial charge in [0.15, 0.2) is 0 Å². The molecule has 2 rings (SSSR count). The van der Waals surface area contributed by atoms with Crippen LogP contribution in [0.4, 0.5) is 0 Å². The van der Waals surface area contributed by atoms with Crippen molar-refractivity contribution >= 4 is 29.1 Å². The Labute approximate surface area is 80.9 Å². The number of hydrazone groups is 1. The van der Waals surface area contributed by atoms with E-state index >= 15 is 0 Å². The smallest absolute Gasteiger partial charge is 0.219 e. The quantitative estimate of drug-likeness (QED) is 0.479. The third kappa shape index (κ3) is 1.12. The van der Waals surface area contributed by atoms with Gasteiger partial charge in [-0.1, -0.05) is 0 Å². The fraction of sp³-hybridized carbons (Fsp3) is 0.500. The zero-order valence-electron chi connectivity index (χ0n) is 7.14. The second-order valence-electron chi connectivity index (χ2n) is 2.98. The van der Waals surface area contributed by atoms with Gasteiger partial charge in [0.1, 0.15) is 12.0 Å². The number of amidine groups is 1. The fourth-order valence-electron chi connectivity index (χ4n) is 1.36. The molecule has 4 N–H and O–H groups in total. The van der Waals surface area contributed by atoms with Crippen LogP contribution in [0.25, 0.3) is 0 Å². The highest BCUT2D eigenvalue weighted by atomic mass is 32.1. The first kappa shape index (κ1) is 8.24. The molecule has 0 fully saturated rings. The Morgan fingerprint density at radius 1 is 1.54 bits per heavy atom. The molecule has 0 aromatic carbocycles. The molecule has 70 valence electrons. The van der Waals surface area contributed by atoms with Crippen LogP contribution in [0.3, 0.4) is 0 Å². The molecule has 0 saturated heterocycles. The number of guanidine groups is 1. The first-order valence-electron chi connectivity index (χ1n) is 3.82. The second-order valence-corrected chi connectivity index (χ2v) is 3.35. The second kappa shape index (κ2) is 2.56. The van der Waals surface area contributed by atoms with Crippen LogP contribution in [0.2, 0.25) is 0 Å². The zero-order chi connectivity index (χ0) is 9.59. The third-order valence-electron chi connectivity index (χ3n) is 2.13. The molecule has 2 heterocycles. The van der Waals surface area contributed by atoms with E-state index in [0.717, 1.165) is 0 Å². The number of hydrogen-bond donors (Lipinski definition) is 2. The summed E-state index contributed by atoms with van der Waals surface area (Å²) in [6, 6.07) is 0. The summed E-state index contributed by atoms with van der Waals surface area (Å²) in [7, 11) is 1.85. The fourth-order valence-corrected chi connectivity index (χ4v) is 1.64. The number of fused-ring (bicyclic) bond motifs is 1. The van der Waals surface area contributed by atoms with E-state index in [1.807, 2.05) is 11.9 Å². The minimum Gasteiger partial charge on any atom is -0.387 e. The van der Waals surface area contributed by atoms with Crippen molar-refractivity contribution in [2.45, 2.75) is 12.6 Å². The monoisotopic (exact) mass is 198 g/mol. The molecule has 2 aliphatic rings. The van der Waals surface area contributed by atoms with Crippen LogP contribution in [0.1, 0.15) is 6.42 Å². The highest BCUT2D eigenvalue weighted by molar-refractivity contribution is 7.80. The maximum absolute atomic E-state index is 5.63. The summed E-state index contributed by atoms with van der Waals surface area (Å²) < 4.78 is 0. The lowest BCUT2D eigenvalue weighted by Gasteiger charge is -2.29. The molecule has 0 spiro atoms. The molecule has 1 atom stereocenters. The molecule has 6 nitrogen and oxygen atoms in total. The summed E-state index contributed by atoms with van der Waals surface area (Å²) in [5, 5.41) is 6.04. The molecule has 0 amide bonds. The lowest BCUT2D eigenvalue weighted by molar-refractivity contribution is 0.231. The Bertz CT molecular complexity index is 321. The van der Waals surface area contributed by atoms with Crippen molar-refractivity contribution < 1.29 is 0 Å². The Morgan fingerprint density at radius 3 is 2.92 bits per heavy atom. The minimum absolute atomic E-state index is 0.00463. The maximum atomic E-state index is 5.63. The van der Waals surface area contributed by atoms with Crippen molar-refractivity contribution in [3.63, 3.8) is 0 Å². The van der Waals surface area contributed by atoms with E-state index in [2.05, 4.69) is 10.1 Å². The van der Waals surface area contributed by atoms with Gasteiger partial charge >= 0.3 is 0 Å². The van der Waals surface area contributed by atoms with Crippen molar-refractivity contribution in [1.82, 2.24) is 9.91 Å². The highest BCUT2D eigenvalue weighted by Gasteiger charge is 2.35. The topological polar surface area (TPSA) is 83.2 Å². The largest absolute Gasteiger partial charge is 0.387 e. The molecule has 0 aromatic rings. The van der Waals surface area contributed by atoms with E-state index in [0.29, 0.717) is 23.3 Å². The Balaban J connectivity index is 2.32. The molecule has 2 aliphatic heterocycles.